The molecule has 1 spiro atoms. The number of aromatic hydroxyl groups is 1. The van der Waals surface area contributed by atoms with E-state index in [1.807, 2.05) is 0 Å². The van der Waals surface area contributed by atoms with Gasteiger partial charge in [0.1, 0.15) is 18.0 Å². The van der Waals surface area contributed by atoms with Crippen molar-refractivity contribution in [2.45, 2.75) is 36.3 Å². The lowest BCUT2D eigenvalue weighted by Crippen LogP contribution is -2.52. The highest BCUT2D eigenvalue weighted by Gasteiger charge is 2.69. The fourth-order valence-corrected chi connectivity index (χ4v) is 3.18. The molecule has 8 heteroatoms. The fourth-order valence-electron chi connectivity index (χ4n) is 3.18. The monoisotopic (exact) mass is 324 g/mol. The van der Waals surface area contributed by atoms with E-state index in [1.54, 1.807) is 0 Å². The third-order valence-electron chi connectivity index (χ3n) is 4.35. The van der Waals surface area contributed by atoms with E-state index in [-0.39, 0.29) is 12.2 Å². The largest absolute Gasteiger partial charge is 0.508 e. The molecule has 2 fully saturated rings. The van der Waals surface area contributed by atoms with Gasteiger partial charge >= 0.3 is 11.9 Å². The Balaban J connectivity index is 2.02. The molecule has 0 bridgehead atoms. The molecule has 2 aliphatic heterocycles. The fraction of sp³-hybridized carbons (Fsp3) is 0.467. The summed E-state index contributed by atoms with van der Waals surface area (Å²) in [7, 11) is 0. The summed E-state index contributed by atoms with van der Waals surface area (Å²) in [6, 6.07) is 5.80. The summed E-state index contributed by atoms with van der Waals surface area (Å²) in [5, 5.41) is 38.5. The minimum atomic E-state index is -1.96. The predicted octanol–water partition coefficient (Wildman–Crippen LogP) is -1.20. The Hall–Kier alpha value is -2.16. The van der Waals surface area contributed by atoms with Gasteiger partial charge in [-0.15, -0.1) is 0 Å². The second kappa shape index (κ2) is 5.48. The Bertz CT molecular complexity index is 627. The third kappa shape index (κ3) is 2.26. The van der Waals surface area contributed by atoms with Gasteiger partial charge in [0, 0.05) is 5.92 Å². The summed E-state index contributed by atoms with van der Waals surface area (Å²) in [6.07, 6.45) is -4.66. The minimum absolute atomic E-state index is 0.0103. The Morgan fingerprint density at radius 3 is 2.52 bits per heavy atom. The van der Waals surface area contributed by atoms with Gasteiger partial charge in [0.15, 0.2) is 6.10 Å². The first-order valence-electron chi connectivity index (χ1n) is 7.09. The van der Waals surface area contributed by atoms with E-state index in [4.69, 9.17) is 14.6 Å². The minimum Gasteiger partial charge on any atom is -0.508 e. The van der Waals surface area contributed by atoms with E-state index in [2.05, 4.69) is 0 Å². The van der Waals surface area contributed by atoms with Crippen LogP contribution >= 0.6 is 0 Å². The SMILES string of the molecule is O=C1C[C@H](c2ccc(O)cc2)[C@@]2(O1)C(=O)O[C@H]([C@H](O)CO)[C@@H]2O. The summed E-state index contributed by atoms with van der Waals surface area (Å²) >= 11 is 0. The highest BCUT2D eigenvalue weighted by molar-refractivity contribution is 5.91. The number of esters is 2. The van der Waals surface area contributed by atoms with Crippen LogP contribution in [0.4, 0.5) is 0 Å². The number of carbonyl (C=O) groups excluding carboxylic acids is 2. The lowest BCUT2D eigenvalue weighted by Gasteiger charge is -2.29. The number of aliphatic hydroxyl groups is 3. The number of hydrogen-bond donors (Lipinski definition) is 4. The highest BCUT2D eigenvalue weighted by atomic mass is 16.6. The van der Waals surface area contributed by atoms with Crippen LogP contribution in [0.3, 0.4) is 0 Å². The smallest absolute Gasteiger partial charge is 0.354 e. The van der Waals surface area contributed by atoms with Gasteiger partial charge in [-0.1, -0.05) is 12.1 Å². The normalized spacial score (nSPS) is 34.5. The molecule has 8 nitrogen and oxygen atoms in total. The molecule has 2 heterocycles. The first-order valence-corrected chi connectivity index (χ1v) is 7.09. The van der Waals surface area contributed by atoms with Crippen molar-refractivity contribution < 1.29 is 39.5 Å². The van der Waals surface area contributed by atoms with Crippen LogP contribution < -0.4 is 0 Å². The average Bonchev–Trinajstić information content (AvgIpc) is 3.01. The quantitative estimate of drug-likeness (QED) is 0.510. The first-order chi connectivity index (χ1) is 10.9. The molecule has 0 radical (unpaired) electrons. The highest BCUT2D eigenvalue weighted by Crippen LogP contribution is 2.48. The lowest BCUT2D eigenvalue weighted by molar-refractivity contribution is -0.169. The van der Waals surface area contributed by atoms with Gasteiger partial charge in [0.05, 0.1) is 13.0 Å². The Labute approximate surface area is 130 Å². The zero-order valence-corrected chi connectivity index (χ0v) is 12.0. The number of phenolic OH excluding ortho intramolecular Hbond substituents is 1. The number of rotatable bonds is 3. The van der Waals surface area contributed by atoms with Crippen LogP contribution in [-0.4, -0.2) is 62.9 Å². The topological polar surface area (TPSA) is 134 Å². The van der Waals surface area contributed by atoms with Crippen molar-refractivity contribution in [1.29, 1.82) is 0 Å². The molecule has 0 amide bonds. The van der Waals surface area contributed by atoms with Gasteiger partial charge in [-0.25, -0.2) is 4.79 Å². The van der Waals surface area contributed by atoms with E-state index < -0.39 is 48.4 Å². The van der Waals surface area contributed by atoms with Crippen molar-refractivity contribution in [2.75, 3.05) is 6.61 Å². The van der Waals surface area contributed by atoms with Crippen LogP contribution in [0, 0.1) is 0 Å². The molecule has 0 aliphatic carbocycles. The van der Waals surface area contributed by atoms with Crippen molar-refractivity contribution in [3.63, 3.8) is 0 Å². The second-order valence-corrected chi connectivity index (χ2v) is 5.68. The Morgan fingerprint density at radius 1 is 1.26 bits per heavy atom. The van der Waals surface area contributed by atoms with Crippen molar-refractivity contribution in [3.8, 4) is 5.75 Å². The molecule has 124 valence electrons. The van der Waals surface area contributed by atoms with Crippen LogP contribution in [-0.2, 0) is 19.1 Å². The van der Waals surface area contributed by atoms with Gasteiger partial charge in [0.2, 0.25) is 5.60 Å². The number of phenols is 1. The van der Waals surface area contributed by atoms with E-state index in [0.717, 1.165) is 0 Å². The van der Waals surface area contributed by atoms with Crippen molar-refractivity contribution in [2.24, 2.45) is 0 Å². The molecule has 5 atom stereocenters. The van der Waals surface area contributed by atoms with Crippen molar-refractivity contribution >= 4 is 11.9 Å². The predicted molar refractivity (Wildman–Crippen MR) is 73.3 cm³/mol. The molecule has 0 aromatic heterocycles. The number of aliphatic hydroxyl groups excluding tert-OH is 3. The van der Waals surface area contributed by atoms with E-state index in [9.17, 15) is 24.9 Å². The van der Waals surface area contributed by atoms with Crippen LogP contribution in [0.1, 0.15) is 17.9 Å². The summed E-state index contributed by atoms with van der Waals surface area (Å²) in [6.45, 7) is -0.719. The van der Waals surface area contributed by atoms with Crippen molar-refractivity contribution in [1.82, 2.24) is 0 Å². The van der Waals surface area contributed by atoms with Crippen LogP contribution in [0.2, 0.25) is 0 Å². The molecule has 23 heavy (non-hydrogen) atoms. The summed E-state index contributed by atoms with van der Waals surface area (Å²) in [5.41, 5.74) is -1.46. The van der Waals surface area contributed by atoms with Gasteiger partial charge in [-0.05, 0) is 17.7 Å². The van der Waals surface area contributed by atoms with E-state index in [1.165, 1.54) is 24.3 Å². The molecule has 4 N–H and O–H groups in total. The molecular weight excluding hydrogens is 308 g/mol. The molecule has 1 aromatic carbocycles. The average molecular weight is 324 g/mol. The van der Waals surface area contributed by atoms with Gasteiger partial charge in [-0.2, -0.15) is 0 Å². The number of ether oxygens (including phenoxy) is 2. The zero-order valence-electron chi connectivity index (χ0n) is 12.0. The maximum atomic E-state index is 12.3. The molecule has 2 aliphatic rings. The van der Waals surface area contributed by atoms with E-state index >= 15 is 0 Å². The third-order valence-corrected chi connectivity index (χ3v) is 4.35. The lowest BCUT2D eigenvalue weighted by atomic mass is 9.77. The maximum Gasteiger partial charge on any atom is 0.354 e. The molecule has 1 aromatic rings. The van der Waals surface area contributed by atoms with Crippen LogP contribution in [0.5, 0.6) is 5.75 Å². The summed E-state index contributed by atoms with van der Waals surface area (Å²) < 4.78 is 10.1. The van der Waals surface area contributed by atoms with Crippen LogP contribution in [0.25, 0.3) is 0 Å². The number of hydrogen-bond acceptors (Lipinski definition) is 8. The van der Waals surface area contributed by atoms with Crippen molar-refractivity contribution in [3.05, 3.63) is 29.8 Å². The number of benzene rings is 1. The first kappa shape index (κ1) is 15.7. The second-order valence-electron chi connectivity index (χ2n) is 5.68. The van der Waals surface area contributed by atoms with E-state index in [0.29, 0.717) is 5.56 Å². The molecular formula is C15H16O8. The van der Waals surface area contributed by atoms with Gasteiger partial charge in [-0.3, -0.25) is 4.79 Å². The molecule has 2 saturated heterocycles. The summed E-state index contributed by atoms with van der Waals surface area (Å²) in [4.78, 5) is 24.1. The Kier molecular flexibility index (Phi) is 3.75. The maximum absolute atomic E-state index is 12.3. The van der Waals surface area contributed by atoms with Gasteiger partial charge in [0.25, 0.3) is 0 Å². The Morgan fingerprint density at radius 2 is 1.91 bits per heavy atom. The number of cyclic esters (lactones) is 1. The molecule has 0 unspecified atom stereocenters. The molecule has 0 saturated carbocycles. The summed E-state index contributed by atoms with van der Waals surface area (Å²) in [5.74, 6) is -2.46. The number of carbonyl (C=O) groups is 2. The standard InChI is InChI=1S/C15H16O8/c16-6-10(18)12-13(20)15(14(21)22-12)9(5-11(19)23-15)7-1-3-8(17)4-2-7/h1-4,9-10,12-13,16-18,20H,5-6H2/t9-,10-,12-,13+,15+/m1/s1. The van der Waals surface area contributed by atoms with Crippen LogP contribution in [0.15, 0.2) is 24.3 Å². The molecule has 3 rings (SSSR count). The van der Waals surface area contributed by atoms with Gasteiger partial charge < -0.3 is 29.9 Å². The zero-order chi connectivity index (χ0) is 16.8.